The summed E-state index contributed by atoms with van der Waals surface area (Å²) in [5, 5.41) is 0. The van der Waals surface area contributed by atoms with Crippen molar-refractivity contribution in [1.29, 1.82) is 0 Å². The molecule has 0 spiro atoms. The van der Waals surface area contributed by atoms with E-state index in [0.29, 0.717) is 18.4 Å². The van der Waals surface area contributed by atoms with Crippen molar-refractivity contribution in [3.8, 4) is 0 Å². The SMILES string of the molecule is C=C1C(=O)OC2CC(C)C(C(CC(C)=O)OC(C)=O)=CCC12. The fourth-order valence-electron chi connectivity index (χ4n) is 3.26. The predicted octanol–water partition coefficient (Wildman–Crippen LogP) is 2.35. The Balaban J connectivity index is 2.23. The first-order chi connectivity index (χ1) is 10.3. The third-order valence-electron chi connectivity index (χ3n) is 4.33. The predicted molar refractivity (Wildman–Crippen MR) is 79.8 cm³/mol. The van der Waals surface area contributed by atoms with Gasteiger partial charge in [0.2, 0.25) is 0 Å². The summed E-state index contributed by atoms with van der Waals surface area (Å²) in [5.74, 6) is -0.710. The van der Waals surface area contributed by atoms with Gasteiger partial charge in [-0.2, -0.15) is 0 Å². The van der Waals surface area contributed by atoms with E-state index in [4.69, 9.17) is 9.47 Å². The van der Waals surface area contributed by atoms with Crippen LogP contribution in [-0.4, -0.2) is 29.9 Å². The third-order valence-corrected chi connectivity index (χ3v) is 4.33. The maximum Gasteiger partial charge on any atom is 0.334 e. The Morgan fingerprint density at radius 3 is 2.73 bits per heavy atom. The summed E-state index contributed by atoms with van der Waals surface area (Å²) in [6.45, 7) is 8.63. The van der Waals surface area contributed by atoms with Crippen LogP contribution in [0.15, 0.2) is 23.8 Å². The van der Waals surface area contributed by atoms with Crippen LogP contribution in [0.2, 0.25) is 0 Å². The number of carbonyl (C=O) groups excluding carboxylic acids is 3. The lowest BCUT2D eigenvalue weighted by atomic mass is 9.89. The van der Waals surface area contributed by atoms with Crippen molar-refractivity contribution in [3.63, 3.8) is 0 Å². The maximum absolute atomic E-state index is 11.6. The number of allylic oxidation sites excluding steroid dienone is 1. The molecule has 0 bridgehead atoms. The average Bonchev–Trinajstić information content (AvgIpc) is 2.56. The Morgan fingerprint density at radius 1 is 1.45 bits per heavy atom. The number of rotatable bonds is 4. The Kier molecular flexibility index (Phi) is 4.84. The molecule has 1 aliphatic heterocycles. The van der Waals surface area contributed by atoms with Crippen molar-refractivity contribution in [2.75, 3.05) is 0 Å². The van der Waals surface area contributed by atoms with Gasteiger partial charge < -0.3 is 9.47 Å². The van der Waals surface area contributed by atoms with Gasteiger partial charge in [-0.1, -0.05) is 19.6 Å². The van der Waals surface area contributed by atoms with E-state index >= 15 is 0 Å². The van der Waals surface area contributed by atoms with E-state index in [1.54, 1.807) is 0 Å². The van der Waals surface area contributed by atoms with E-state index in [1.807, 2.05) is 13.0 Å². The molecule has 22 heavy (non-hydrogen) atoms. The van der Waals surface area contributed by atoms with E-state index in [0.717, 1.165) is 5.57 Å². The van der Waals surface area contributed by atoms with Crippen molar-refractivity contribution >= 4 is 17.7 Å². The molecule has 0 amide bonds. The van der Waals surface area contributed by atoms with E-state index in [1.165, 1.54) is 13.8 Å². The van der Waals surface area contributed by atoms with Crippen molar-refractivity contribution in [2.24, 2.45) is 11.8 Å². The second-order valence-corrected chi connectivity index (χ2v) is 6.16. The average molecular weight is 306 g/mol. The van der Waals surface area contributed by atoms with Crippen LogP contribution in [0.3, 0.4) is 0 Å². The quantitative estimate of drug-likeness (QED) is 0.453. The van der Waals surface area contributed by atoms with Gasteiger partial charge in [0.1, 0.15) is 18.0 Å². The minimum absolute atomic E-state index is 0.0252. The van der Waals surface area contributed by atoms with Crippen LogP contribution in [0.25, 0.3) is 0 Å². The zero-order valence-corrected chi connectivity index (χ0v) is 13.3. The molecule has 0 aromatic heterocycles. The summed E-state index contributed by atoms with van der Waals surface area (Å²) in [6, 6.07) is 0. The zero-order chi connectivity index (χ0) is 16.4. The van der Waals surface area contributed by atoms with E-state index in [-0.39, 0.29) is 36.1 Å². The van der Waals surface area contributed by atoms with Crippen molar-refractivity contribution in [3.05, 3.63) is 23.8 Å². The van der Waals surface area contributed by atoms with Gasteiger partial charge in [-0.05, 0) is 31.3 Å². The number of fused-ring (bicyclic) bond motifs is 1. The van der Waals surface area contributed by atoms with Crippen LogP contribution in [0.1, 0.15) is 40.0 Å². The summed E-state index contributed by atoms with van der Waals surface area (Å²) < 4.78 is 10.7. The van der Waals surface area contributed by atoms with Gasteiger partial charge in [0.05, 0.1) is 0 Å². The van der Waals surface area contributed by atoms with Crippen LogP contribution in [0.5, 0.6) is 0 Å². The minimum atomic E-state index is -0.534. The molecule has 1 saturated heterocycles. The third kappa shape index (κ3) is 3.46. The Bertz CT molecular complexity index is 529. The molecule has 0 aromatic carbocycles. The molecule has 0 radical (unpaired) electrons. The Hall–Kier alpha value is -1.91. The molecule has 1 heterocycles. The van der Waals surface area contributed by atoms with Crippen LogP contribution >= 0.6 is 0 Å². The monoisotopic (exact) mass is 306 g/mol. The normalized spacial score (nSPS) is 29.0. The molecule has 5 nitrogen and oxygen atoms in total. The van der Waals surface area contributed by atoms with Gasteiger partial charge in [-0.15, -0.1) is 0 Å². The number of carbonyl (C=O) groups is 3. The standard InChI is InChI=1S/C17H22O5/c1-9-7-15-14(11(3)17(20)22-15)6-5-13(9)16(8-10(2)18)21-12(4)19/h5,9,14-16H,3,6-8H2,1-2,4H3. The Morgan fingerprint density at radius 2 is 2.14 bits per heavy atom. The molecule has 2 rings (SSSR count). The summed E-state index contributed by atoms with van der Waals surface area (Å²) in [7, 11) is 0. The molecular formula is C17H22O5. The molecule has 0 saturated carbocycles. The summed E-state index contributed by atoms with van der Waals surface area (Å²) in [5.41, 5.74) is 1.44. The fraction of sp³-hybridized carbons (Fsp3) is 0.588. The topological polar surface area (TPSA) is 69.7 Å². The van der Waals surface area contributed by atoms with Gasteiger partial charge in [0, 0.05) is 24.8 Å². The number of esters is 2. The first-order valence-corrected chi connectivity index (χ1v) is 7.56. The second kappa shape index (κ2) is 6.46. The van der Waals surface area contributed by atoms with Crippen LogP contribution in [0.4, 0.5) is 0 Å². The largest absolute Gasteiger partial charge is 0.458 e. The van der Waals surface area contributed by atoms with E-state index < -0.39 is 12.1 Å². The minimum Gasteiger partial charge on any atom is -0.458 e. The smallest absolute Gasteiger partial charge is 0.334 e. The highest BCUT2D eigenvalue weighted by Gasteiger charge is 2.41. The fourth-order valence-corrected chi connectivity index (χ4v) is 3.26. The zero-order valence-electron chi connectivity index (χ0n) is 13.3. The number of Topliss-reactive ketones (excluding diaryl/α,β-unsaturated/α-hetero) is 1. The number of hydrogen-bond donors (Lipinski definition) is 0. The lowest BCUT2D eigenvalue weighted by molar-refractivity contribution is -0.145. The van der Waals surface area contributed by atoms with Gasteiger partial charge in [0.25, 0.3) is 0 Å². The molecule has 1 fully saturated rings. The van der Waals surface area contributed by atoms with Crippen molar-refractivity contribution in [1.82, 2.24) is 0 Å². The molecule has 120 valence electrons. The van der Waals surface area contributed by atoms with Crippen LogP contribution in [-0.2, 0) is 23.9 Å². The van der Waals surface area contributed by atoms with Gasteiger partial charge >= 0.3 is 11.9 Å². The maximum atomic E-state index is 11.6. The summed E-state index contributed by atoms with van der Waals surface area (Å²) in [4.78, 5) is 34.4. The molecule has 4 atom stereocenters. The van der Waals surface area contributed by atoms with Gasteiger partial charge in [0.15, 0.2) is 0 Å². The number of hydrogen-bond acceptors (Lipinski definition) is 5. The highest BCUT2D eigenvalue weighted by atomic mass is 16.6. The van der Waals surface area contributed by atoms with E-state index in [9.17, 15) is 14.4 Å². The first-order valence-electron chi connectivity index (χ1n) is 7.56. The summed E-state index contributed by atoms with van der Waals surface area (Å²) >= 11 is 0. The van der Waals surface area contributed by atoms with Crippen molar-refractivity contribution in [2.45, 2.75) is 52.2 Å². The molecule has 0 N–H and O–H groups in total. The first kappa shape index (κ1) is 16.5. The van der Waals surface area contributed by atoms with Crippen molar-refractivity contribution < 1.29 is 23.9 Å². The lowest BCUT2D eigenvalue weighted by Gasteiger charge is -2.24. The molecule has 0 aromatic rings. The highest BCUT2D eigenvalue weighted by molar-refractivity contribution is 5.90. The molecule has 1 aliphatic carbocycles. The van der Waals surface area contributed by atoms with Gasteiger partial charge in [-0.3, -0.25) is 9.59 Å². The molecule has 4 unspecified atom stereocenters. The summed E-state index contributed by atoms with van der Waals surface area (Å²) in [6.07, 6.45) is 2.71. The lowest BCUT2D eigenvalue weighted by Crippen LogP contribution is -2.26. The molecular weight excluding hydrogens is 284 g/mol. The van der Waals surface area contributed by atoms with Crippen LogP contribution in [0, 0.1) is 11.8 Å². The second-order valence-electron chi connectivity index (χ2n) is 6.16. The van der Waals surface area contributed by atoms with Crippen LogP contribution < -0.4 is 0 Å². The number of ketones is 1. The molecule has 2 aliphatic rings. The highest BCUT2D eigenvalue weighted by Crippen LogP contribution is 2.39. The van der Waals surface area contributed by atoms with Gasteiger partial charge in [-0.25, -0.2) is 4.79 Å². The van der Waals surface area contributed by atoms with E-state index in [2.05, 4.69) is 6.58 Å². The number of ether oxygens (including phenoxy) is 2. The molecule has 5 heteroatoms. The Labute approximate surface area is 130 Å².